The van der Waals surface area contributed by atoms with Crippen LogP contribution < -0.4 is 9.64 Å². The van der Waals surface area contributed by atoms with E-state index in [1.54, 1.807) is 7.11 Å². The van der Waals surface area contributed by atoms with Gasteiger partial charge in [-0.3, -0.25) is 0 Å². The summed E-state index contributed by atoms with van der Waals surface area (Å²) in [6.07, 6.45) is 0. The largest absolute Gasteiger partial charge is 0.497 e. The second-order valence-electron chi connectivity index (χ2n) is 4.69. The number of halogens is 1. The molecule has 0 spiro atoms. The second kappa shape index (κ2) is 5.96. The lowest BCUT2D eigenvalue weighted by molar-refractivity contribution is -0.129. The van der Waals surface area contributed by atoms with Gasteiger partial charge in [0.25, 0.3) is 0 Å². The molecule has 1 unspecified atom stereocenters. The summed E-state index contributed by atoms with van der Waals surface area (Å²) in [7, 11) is 1.61. The first kappa shape index (κ1) is 14.8. The summed E-state index contributed by atoms with van der Waals surface area (Å²) in [5.74, 6) is -0.251. The SMILES string of the molecule is COc1ccc(N2c3ccccc3N=C(C(=O)O)C2I)cc1. The summed E-state index contributed by atoms with van der Waals surface area (Å²) < 4.78 is 4.78. The molecule has 0 saturated heterocycles. The number of rotatable bonds is 3. The third kappa shape index (κ3) is 2.54. The van der Waals surface area contributed by atoms with Gasteiger partial charge in [-0.1, -0.05) is 34.7 Å². The van der Waals surface area contributed by atoms with Gasteiger partial charge in [0.2, 0.25) is 0 Å². The number of carbonyl (C=O) groups is 1. The fourth-order valence-electron chi connectivity index (χ4n) is 2.35. The van der Waals surface area contributed by atoms with Gasteiger partial charge in [-0.2, -0.15) is 0 Å². The van der Waals surface area contributed by atoms with E-state index >= 15 is 0 Å². The third-order valence-electron chi connectivity index (χ3n) is 3.40. The van der Waals surface area contributed by atoms with Crippen molar-refractivity contribution in [3.8, 4) is 5.75 Å². The van der Waals surface area contributed by atoms with Crippen molar-refractivity contribution in [2.24, 2.45) is 4.99 Å². The van der Waals surface area contributed by atoms with Crippen molar-refractivity contribution in [3.05, 3.63) is 48.5 Å². The maximum atomic E-state index is 11.5. The van der Waals surface area contributed by atoms with Gasteiger partial charge in [0.1, 0.15) is 9.80 Å². The Hall–Kier alpha value is -2.09. The molecule has 0 bridgehead atoms. The summed E-state index contributed by atoms with van der Waals surface area (Å²) in [6, 6.07) is 15.0. The van der Waals surface area contributed by atoms with Gasteiger partial charge in [-0.25, -0.2) is 9.79 Å². The Morgan fingerprint density at radius 3 is 2.55 bits per heavy atom. The average molecular weight is 408 g/mol. The van der Waals surface area contributed by atoms with Gasteiger partial charge in [0.15, 0.2) is 5.71 Å². The maximum Gasteiger partial charge on any atom is 0.353 e. The Labute approximate surface area is 141 Å². The van der Waals surface area contributed by atoms with Crippen LogP contribution in [0, 0.1) is 0 Å². The summed E-state index contributed by atoms with van der Waals surface area (Å²) in [5, 5.41) is 9.40. The van der Waals surface area contributed by atoms with Crippen molar-refractivity contribution >= 4 is 51.3 Å². The number of methoxy groups -OCH3 is 1. The Morgan fingerprint density at radius 1 is 1.23 bits per heavy atom. The highest BCUT2D eigenvalue weighted by Gasteiger charge is 2.32. The molecule has 2 aromatic carbocycles. The van der Waals surface area contributed by atoms with Crippen LogP contribution in [0.5, 0.6) is 5.75 Å². The summed E-state index contributed by atoms with van der Waals surface area (Å²) in [5.41, 5.74) is 2.55. The van der Waals surface area contributed by atoms with Crippen LogP contribution in [0.2, 0.25) is 0 Å². The minimum Gasteiger partial charge on any atom is -0.497 e. The van der Waals surface area contributed by atoms with E-state index in [1.807, 2.05) is 53.4 Å². The molecular weight excluding hydrogens is 395 g/mol. The molecule has 1 aliphatic heterocycles. The molecule has 2 aromatic rings. The fraction of sp³-hybridized carbons (Fsp3) is 0.125. The van der Waals surface area contributed by atoms with Crippen LogP contribution in [0.25, 0.3) is 0 Å². The number of para-hydroxylation sites is 2. The Kier molecular flexibility index (Phi) is 4.02. The lowest BCUT2D eigenvalue weighted by Crippen LogP contribution is -2.39. The van der Waals surface area contributed by atoms with E-state index in [0.717, 1.165) is 17.1 Å². The fourth-order valence-corrected chi connectivity index (χ4v) is 3.38. The van der Waals surface area contributed by atoms with Crippen LogP contribution in [-0.2, 0) is 4.79 Å². The van der Waals surface area contributed by atoms with Crippen LogP contribution in [0.15, 0.2) is 53.5 Å². The van der Waals surface area contributed by atoms with Gasteiger partial charge in [0.05, 0.1) is 18.5 Å². The number of alkyl halides is 1. The third-order valence-corrected chi connectivity index (χ3v) is 4.55. The molecule has 3 rings (SSSR count). The van der Waals surface area contributed by atoms with E-state index in [2.05, 4.69) is 27.6 Å². The zero-order valence-electron chi connectivity index (χ0n) is 11.7. The molecule has 22 heavy (non-hydrogen) atoms. The van der Waals surface area contributed by atoms with E-state index < -0.39 is 10.0 Å². The highest BCUT2D eigenvalue weighted by molar-refractivity contribution is 14.1. The molecule has 112 valence electrons. The Balaban J connectivity index is 2.12. The Bertz CT molecular complexity index is 743. The number of carboxylic acids is 1. The van der Waals surface area contributed by atoms with Crippen molar-refractivity contribution < 1.29 is 14.6 Å². The number of hydrogen-bond acceptors (Lipinski definition) is 4. The zero-order valence-corrected chi connectivity index (χ0v) is 13.9. The van der Waals surface area contributed by atoms with Gasteiger partial charge in [-0.15, -0.1) is 0 Å². The van der Waals surface area contributed by atoms with Crippen molar-refractivity contribution in [2.45, 2.75) is 4.05 Å². The Morgan fingerprint density at radius 2 is 1.91 bits per heavy atom. The number of carboxylic acid groups (broad SMARTS) is 1. The number of benzene rings is 2. The number of aliphatic imine (C=N–C) groups is 1. The van der Waals surface area contributed by atoms with Crippen LogP contribution in [0.4, 0.5) is 17.1 Å². The molecule has 6 heteroatoms. The summed E-state index contributed by atoms with van der Waals surface area (Å²) >= 11 is 2.10. The average Bonchev–Trinajstić information content (AvgIpc) is 2.54. The van der Waals surface area contributed by atoms with E-state index in [4.69, 9.17) is 4.74 Å². The molecular formula is C16H13IN2O3. The number of ether oxygens (including phenoxy) is 1. The zero-order chi connectivity index (χ0) is 15.7. The second-order valence-corrected chi connectivity index (χ2v) is 5.87. The van der Waals surface area contributed by atoms with Crippen LogP contribution >= 0.6 is 22.6 Å². The molecule has 0 radical (unpaired) electrons. The first-order valence-electron chi connectivity index (χ1n) is 6.60. The lowest BCUT2D eigenvalue weighted by atomic mass is 10.1. The predicted molar refractivity (Wildman–Crippen MR) is 94.1 cm³/mol. The topological polar surface area (TPSA) is 62.1 Å². The number of anilines is 2. The van der Waals surface area contributed by atoms with E-state index in [1.165, 1.54) is 0 Å². The maximum absolute atomic E-state index is 11.5. The van der Waals surface area contributed by atoms with Crippen LogP contribution in [0.1, 0.15) is 0 Å². The predicted octanol–water partition coefficient (Wildman–Crippen LogP) is 3.77. The monoisotopic (exact) mass is 408 g/mol. The molecule has 0 amide bonds. The quantitative estimate of drug-likeness (QED) is 0.477. The number of nitrogens with zero attached hydrogens (tertiary/aromatic N) is 2. The molecule has 0 saturated carbocycles. The van der Waals surface area contributed by atoms with E-state index in [9.17, 15) is 9.90 Å². The smallest absolute Gasteiger partial charge is 0.353 e. The van der Waals surface area contributed by atoms with Crippen molar-refractivity contribution in [2.75, 3.05) is 12.0 Å². The van der Waals surface area contributed by atoms with E-state index in [0.29, 0.717) is 5.69 Å². The van der Waals surface area contributed by atoms with Crippen molar-refractivity contribution in [1.82, 2.24) is 0 Å². The highest BCUT2D eigenvalue weighted by Crippen LogP contribution is 2.41. The molecule has 0 fully saturated rings. The van der Waals surface area contributed by atoms with Crippen LogP contribution in [0.3, 0.4) is 0 Å². The minimum absolute atomic E-state index is 0.120. The number of fused-ring (bicyclic) bond motifs is 1. The lowest BCUT2D eigenvalue weighted by Gasteiger charge is -2.34. The molecule has 0 aliphatic carbocycles. The van der Waals surface area contributed by atoms with E-state index in [-0.39, 0.29) is 5.71 Å². The molecule has 1 N–H and O–H groups in total. The molecule has 1 atom stereocenters. The summed E-state index contributed by atoms with van der Waals surface area (Å²) in [4.78, 5) is 17.7. The first-order valence-corrected chi connectivity index (χ1v) is 7.84. The molecule has 0 aromatic heterocycles. The van der Waals surface area contributed by atoms with Gasteiger partial charge >= 0.3 is 5.97 Å². The van der Waals surface area contributed by atoms with Crippen molar-refractivity contribution in [3.63, 3.8) is 0 Å². The number of aliphatic carboxylic acids is 1. The summed E-state index contributed by atoms with van der Waals surface area (Å²) in [6.45, 7) is 0. The molecule has 1 heterocycles. The molecule has 5 nitrogen and oxygen atoms in total. The van der Waals surface area contributed by atoms with Gasteiger partial charge in [-0.05, 0) is 36.4 Å². The standard InChI is InChI=1S/C16H13IN2O3/c1-22-11-8-6-10(7-9-11)19-13-5-3-2-4-12(13)18-14(15(19)17)16(20)21/h2-9,15H,1H3,(H,20,21). The number of hydrogen-bond donors (Lipinski definition) is 1. The highest BCUT2D eigenvalue weighted by atomic mass is 127. The minimum atomic E-state index is -1.01. The normalized spacial score (nSPS) is 16.7. The van der Waals surface area contributed by atoms with Crippen LogP contribution in [-0.4, -0.2) is 27.9 Å². The first-order chi connectivity index (χ1) is 10.6. The van der Waals surface area contributed by atoms with Gasteiger partial charge < -0.3 is 14.7 Å². The van der Waals surface area contributed by atoms with Crippen molar-refractivity contribution in [1.29, 1.82) is 0 Å². The van der Waals surface area contributed by atoms with Gasteiger partial charge in [0, 0.05) is 5.69 Å². The molecule has 1 aliphatic rings.